The Balaban J connectivity index is 4.13. The van der Waals surface area contributed by atoms with Crippen molar-refractivity contribution in [2.24, 2.45) is 5.73 Å². The van der Waals surface area contributed by atoms with Gasteiger partial charge < -0.3 is 16.2 Å². The molecule has 0 rings (SSSR count). The summed E-state index contributed by atoms with van der Waals surface area (Å²) in [4.78, 5) is 0. The molecule has 0 aliphatic heterocycles. The van der Waals surface area contributed by atoms with Crippen LogP contribution in [0.15, 0.2) is 11.8 Å². The third kappa shape index (κ3) is 1.70. The van der Waals surface area contributed by atoms with Crippen molar-refractivity contribution in [1.29, 1.82) is 5.41 Å². The molecular formula is C4H6N2OS. The van der Waals surface area contributed by atoms with E-state index < -0.39 is 0 Å². The first-order valence-corrected chi connectivity index (χ1v) is 2.29. The highest BCUT2D eigenvalue weighted by atomic mass is 32.1. The van der Waals surface area contributed by atoms with Crippen molar-refractivity contribution >= 4 is 23.5 Å². The topological polar surface area (TPSA) is 70.1 Å². The molecule has 4 heteroatoms. The van der Waals surface area contributed by atoms with Crippen LogP contribution < -0.4 is 5.73 Å². The van der Waals surface area contributed by atoms with Crippen molar-refractivity contribution in [2.45, 2.75) is 0 Å². The Bertz CT molecular complexity index is 141. The predicted molar refractivity (Wildman–Crippen MR) is 36.3 cm³/mol. The van der Waals surface area contributed by atoms with Crippen molar-refractivity contribution in [3.8, 4) is 0 Å². The molecule has 0 aliphatic rings. The first-order chi connectivity index (χ1) is 3.72. The van der Waals surface area contributed by atoms with Crippen LogP contribution in [0.1, 0.15) is 0 Å². The SMILES string of the molecule is N=C/C(=C\N)C(O)=S. The van der Waals surface area contributed by atoms with Gasteiger partial charge in [-0.15, -0.1) is 0 Å². The Hall–Kier alpha value is -0.900. The first kappa shape index (κ1) is 7.10. The van der Waals surface area contributed by atoms with Crippen molar-refractivity contribution < 1.29 is 5.11 Å². The number of thiocarbonyl (C=S) groups is 1. The summed E-state index contributed by atoms with van der Waals surface area (Å²) < 4.78 is 0. The average Bonchev–Trinajstić information content (AvgIpc) is 1.69. The lowest BCUT2D eigenvalue weighted by Gasteiger charge is -1.89. The Morgan fingerprint density at radius 2 is 2.25 bits per heavy atom. The summed E-state index contributed by atoms with van der Waals surface area (Å²) in [7, 11) is 0. The lowest BCUT2D eigenvalue weighted by Crippen LogP contribution is -2.00. The minimum Gasteiger partial charge on any atom is -0.498 e. The van der Waals surface area contributed by atoms with E-state index >= 15 is 0 Å². The second-order valence-electron chi connectivity index (χ2n) is 1.07. The number of rotatable bonds is 2. The summed E-state index contributed by atoms with van der Waals surface area (Å²) in [6.45, 7) is 0. The van der Waals surface area contributed by atoms with Gasteiger partial charge in [-0.05, 0) is 12.2 Å². The second kappa shape index (κ2) is 3.15. The third-order valence-corrected chi connectivity index (χ3v) is 0.818. The van der Waals surface area contributed by atoms with E-state index in [2.05, 4.69) is 12.2 Å². The molecule has 0 atom stereocenters. The number of hydrogen-bond acceptors (Lipinski definition) is 3. The molecule has 0 amide bonds. The van der Waals surface area contributed by atoms with Crippen LogP contribution in [0.25, 0.3) is 0 Å². The maximum atomic E-state index is 8.44. The molecule has 44 valence electrons. The van der Waals surface area contributed by atoms with Crippen molar-refractivity contribution in [3.05, 3.63) is 11.8 Å². The average molecular weight is 130 g/mol. The molecule has 0 saturated heterocycles. The summed E-state index contributed by atoms with van der Waals surface area (Å²) in [6, 6.07) is 0. The number of nitrogens with one attached hydrogen (secondary N) is 1. The van der Waals surface area contributed by atoms with E-state index in [0.717, 1.165) is 12.4 Å². The van der Waals surface area contributed by atoms with Gasteiger partial charge >= 0.3 is 0 Å². The first-order valence-electron chi connectivity index (χ1n) is 1.88. The third-order valence-electron chi connectivity index (χ3n) is 0.582. The maximum absolute atomic E-state index is 8.44. The molecule has 0 spiro atoms. The monoisotopic (exact) mass is 130 g/mol. The van der Waals surface area contributed by atoms with Gasteiger partial charge in [0, 0.05) is 12.4 Å². The van der Waals surface area contributed by atoms with Crippen LogP contribution in [-0.2, 0) is 0 Å². The van der Waals surface area contributed by atoms with Crippen LogP contribution in [0.4, 0.5) is 0 Å². The van der Waals surface area contributed by atoms with E-state index in [4.69, 9.17) is 16.2 Å². The molecule has 0 unspecified atom stereocenters. The highest BCUT2D eigenvalue weighted by Gasteiger charge is 1.93. The van der Waals surface area contributed by atoms with E-state index in [1.807, 2.05) is 0 Å². The van der Waals surface area contributed by atoms with Gasteiger partial charge in [-0.25, -0.2) is 0 Å². The zero-order chi connectivity index (χ0) is 6.57. The molecule has 0 aromatic rings. The van der Waals surface area contributed by atoms with Gasteiger partial charge in [0.05, 0.1) is 5.57 Å². The van der Waals surface area contributed by atoms with Crippen LogP contribution in [0.2, 0.25) is 0 Å². The molecule has 0 bridgehead atoms. The molecule has 0 aliphatic carbocycles. The molecule has 3 nitrogen and oxygen atoms in total. The predicted octanol–water partition coefficient (Wildman–Crippen LogP) is 0.364. The molecule has 0 aromatic heterocycles. The minimum atomic E-state index is -0.345. The smallest absolute Gasteiger partial charge is 0.191 e. The Kier molecular flexibility index (Phi) is 2.79. The fourth-order valence-electron chi connectivity index (χ4n) is 0.181. The maximum Gasteiger partial charge on any atom is 0.191 e. The molecule has 0 fully saturated rings. The fourth-order valence-corrected chi connectivity index (χ4v) is 0.308. The van der Waals surface area contributed by atoms with Crippen LogP contribution in [0.5, 0.6) is 0 Å². The quantitative estimate of drug-likeness (QED) is 0.287. The number of aliphatic hydroxyl groups excluding tert-OH is 1. The van der Waals surface area contributed by atoms with Crippen LogP contribution in [0.3, 0.4) is 0 Å². The Labute approximate surface area is 52.3 Å². The summed E-state index contributed by atoms with van der Waals surface area (Å²) in [5, 5.41) is 14.7. The van der Waals surface area contributed by atoms with Crippen molar-refractivity contribution in [2.75, 3.05) is 0 Å². The van der Waals surface area contributed by atoms with Gasteiger partial charge in [0.1, 0.15) is 0 Å². The van der Waals surface area contributed by atoms with Gasteiger partial charge in [-0.3, -0.25) is 0 Å². The summed E-state index contributed by atoms with van der Waals surface area (Å²) in [6.07, 6.45) is 1.97. The van der Waals surface area contributed by atoms with Crippen molar-refractivity contribution in [1.82, 2.24) is 0 Å². The lowest BCUT2D eigenvalue weighted by atomic mass is 10.3. The normalized spacial score (nSPS) is 10.8. The van der Waals surface area contributed by atoms with E-state index in [-0.39, 0.29) is 10.6 Å². The largest absolute Gasteiger partial charge is 0.498 e. The summed E-state index contributed by atoms with van der Waals surface area (Å²) in [5.41, 5.74) is 5.09. The summed E-state index contributed by atoms with van der Waals surface area (Å²) >= 11 is 4.27. The van der Waals surface area contributed by atoms with Crippen molar-refractivity contribution in [3.63, 3.8) is 0 Å². The number of hydrogen-bond donors (Lipinski definition) is 3. The second-order valence-corrected chi connectivity index (χ2v) is 1.46. The zero-order valence-electron chi connectivity index (χ0n) is 4.09. The van der Waals surface area contributed by atoms with Crippen LogP contribution >= 0.6 is 12.2 Å². The van der Waals surface area contributed by atoms with Crippen LogP contribution in [0, 0.1) is 5.41 Å². The highest BCUT2D eigenvalue weighted by molar-refractivity contribution is 7.80. The van der Waals surface area contributed by atoms with Gasteiger partial charge in [-0.1, -0.05) is 0 Å². The van der Waals surface area contributed by atoms with Gasteiger partial charge in [0.2, 0.25) is 0 Å². The highest BCUT2D eigenvalue weighted by Crippen LogP contribution is 1.86. The summed E-state index contributed by atoms with van der Waals surface area (Å²) in [5.74, 6) is 0. The molecule has 4 N–H and O–H groups in total. The molecule has 0 radical (unpaired) electrons. The van der Waals surface area contributed by atoms with Gasteiger partial charge in [-0.2, -0.15) is 0 Å². The van der Waals surface area contributed by atoms with Gasteiger partial charge in [0.25, 0.3) is 0 Å². The lowest BCUT2D eigenvalue weighted by molar-refractivity contribution is 0.572. The molecular weight excluding hydrogens is 124 g/mol. The van der Waals surface area contributed by atoms with E-state index in [9.17, 15) is 0 Å². The molecule has 0 heterocycles. The standard InChI is InChI=1S/C4H6N2OS/c5-1-3(2-6)4(7)8/h1-2,5H,6H2,(H,7,8)/b3-2+,5-1?. The fraction of sp³-hybridized carbons (Fsp3) is 0. The zero-order valence-corrected chi connectivity index (χ0v) is 4.90. The van der Waals surface area contributed by atoms with E-state index in [1.54, 1.807) is 0 Å². The van der Waals surface area contributed by atoms with E-state index in [1.165, 1.54) is 0 Å². The minimum absolute atomic E-state index is 0.167. The molecule has 0 aromatic carbocycles. The number of aliphatic hydroxyl groups is 1. The Morgan fingerprint density at radius 3 is 2.25 bits per heavy atom. The molecule has 8 heavy (non-hydrogen) atoms. The van der Waals surface area contributed by atoms with Gasteiger partial charge in [0.15, 0.2) is 5.05 Å². The molecule has 0 saturated carbocycles. The van der Waals surface area contributed by atoms with E-state index in [0.29, 0.717) is 0 Å². The number of nitrogens with two attached hydrogens (primary N) is 1. The van der Waals surface area contributed by atoms with Crippen LogP contribution in [-0.4, -0.2) is 16.4 Å². The Morgan fingerprint density at radius 1 is 1.75 bits per heavy atom.